The maximum absolute atomic E-state index is 5.88. The zero-order chi connectivity index (χ0) is 8.10. The Balaban J connectivity index is 2.08. The summed E-state index contributed by atoms with van der Waals surface area (Å²) in [5.74, 6) is 0. The van der Waals surface area contributed by atoms with Crippen LogP contribution in [0, 0.1) is 0 Å². The van der Waals surface area contributed by atoms with Crippen molar-refractivity contribution in [3.05, 3.63) is 0 Å². The molecule has 2 heteroatoms. The molecule has 1 saturated heterocycles. The van der Waals surface area contributed by atoms with E-state index in [1.165, 1.54) is 19.3 Å². The molecule has 1 fully saturated rings. The summed E-state index contributed by atoms with van der Waals surface area (Å²) in [7, 11) is 0. The Morgan fingerprint density at radius 1 is 1.64 bits per heavy atom. The second kappa shape index (κ2) is 4.73. The average Bonchev–Trinajstić information content (AvgIpc) is 2.40. The first kappa shape index (κ1) is 9.01. The van der Waals surface area contributed by atoms with Crippen LogP contribution in [0.25, 0.3) is 0 Å². The zero-order valence-electron chi connectivity index (χ0n) is 7.38. The fraction of sp³-hybridized carbons (Fsp3) is 1.00. The smallest absolute Gasteiger partial charge is 0.0590 e. The highest BCUT2D eigenvalue weighted by atomic mass is 16.5. The van der Waals surface area contributed by atoms with Crippen LogP contribution in [0.3, 0.4) is 0 Å². The van der Waals surface area contributed by atoms with E-state index < -0.39 is 0 Å². The molecule has 0 aromatic rings. The molecule has 2 atom stereocenters. The molecule has 1 heterocycles. The number of ether oxygens (including phenoxy) is 1. The third kappa shape index (κ3) is 3.21. The molecule has 66 valence electrons. The third-order valence-electron chi connectivity index (χ3n) is 2.25. The lowest BCUT2D eigenvalue weighted by molar-refractivity contribution is 0.0975. The molecule has 1 unspecified atom stereocenters. The van der Waals surface area contributed by atoms with Gasteiger partial charge in [-0.05, 0) is 25.7 Å². The molecule has 1 aliphatic heterocycles. The van der Waals surface area contributed by atoms with Crippen molar-refractivity contribution >= 4 is 0 Å². The summed E-state index contributed by atoms with van der Waals surface area (Å²) >= 11 is 0. The van der Waals surface area contributed by atoms with Crippen LogP contribution in [-0.4, -0.2) is 18.8 Å². The molecule has 0 bridgehead atoms. The standard InChI is InChI=1S/C9H19NO/c1-2-4-8(10)7-9-5-3-6-11-9/h8-9H,2-7,10H2,1H3/t8-,9?/m1/s1. The molecule has 0 radical (unpaired) electrons. The van der Waals surface area contributed by atoms with Crippen molar-refractivity contribution < 1.29 is 4.74 Å². The molecular formula is C9H19NO. The van der Waals surface area contributed by atoms with E-state index >= 15 is 0 Å². The summed E-state index contributed by atoms with van der Waals surface area (Å²) in [5.41, 5.74) is 5.88. The fourth-order valence-electron chi connectivity index (χ4n) is 1.66. The molecule has 0 aromatic carbocycles. The summed E-state index contributed by atoms with van der Waals surface area (Å²) < 4.78 is 5.49. The van der Waals surface area contributed by atoms with Gasteiger partial charge < -0.3 is 10.5 Å². The van der Waals surface area contributed by atoms with Gasteiger partial charge in [-0.2, -0.15) is 0 Å². The van der Waals surface area contributed by atoms with Crippen molar-refractivity contribution in [3.63, 3.8) is 0 Å². The normalized spacial score (nSPS) is 27.3. The monoisotopic (exact) mass is 157 g/mol. The highest BCUT2D eigenvalue weighted by molar-refractivity contribution is 4.71. The van der Waals surface area contributed by atoms with Gasteiger partial charge >= 0.3 is 0 Å². The van der Waals surface area contributed by atoms with Crippen LogP contribution in [0.5, 0.6) is 0 Å². The van der Waals surface area contributed by atoms with Gasteiger partial charge in [0, 0.05) is 12.6 Å². The minimum atomic E-state index is 0.364. The van der Waals surface area contributed by atoms with Gasteiger partial charge in [0.2, 0.25) is 0 Å². The van der Waals surface area contributed by atoms with Crippen LogP contribution in [0.4, 0.5) is 0 Å². The minimum absolute atomic E-state index is 0.364. The second-order valence-corrected chi connectivity index (χ2v) is 3.42. The lowest BCUT2D eigenvalue weighted by atomic mass is 10.0. The van der Waals surface area contributed by atoms with E-state index in [9.17, 15) is 0 Å². The molecule has 2 nitrogen and oxygen atoms in total. The predicted molar refractivity (Wildman–Crippen MR) is 46.5 cm³/mol. The van der Waals surface area contributed by atoms with Crippen LogP contribution in [0.15, 0.2) is 0 Å². The Morgan fingerprint density at radius 2 is 2.45 bits per heavy atom. The SMILES string of the molecule is CCC[C@@H](N)CC1CCCO1. The molecule has 0 spiro atoms. The minimum Gasteiger partial charge on any atom is -0.378 e. The number of hydrogen-bond acceptors (Lipinski definition) is 2. The van der Waals surface area contributed by atoms with E-state index in [4.69, 9.17) is 10.5 Å². The number of hydrogen-bond donors (Lipinski definition) is 1. The van der Waals surface area contributed by atoms with Gasteiger partial charge in [-0.25, -0.2) is 0 Å². The molecule has 0 saturated carbocycles. The average molecular weight is 157 g/mol. The Labute approximate surface area is 69.1 Å². The van der Waals surface area contributed by atoms with Gasteiger partial charge in [-0.1, -0.05) is 13.3 Å². The maximum atomic E-state index is 5.88. The fourth-order valence-corrected chi connectivity index (χ4v) is 1.66. The molecule has 0 amide bonds. The lowest BCUT2D eigenvalue weighted by Gasteiger charge is -2.14. The first-order valence-electron chi connectivity index (χ1n) is 4.70. The largest absolute Gasteiger partial charge is 0.378 e. The van der Waals surface area contributed by atoms with E-state index in [2.05, 4.69) is 6.92 Å². The molecule has 2 N–H and O–H groups in total. The quantitative estimate of drug-likeness (QED) is 0.674. The first-order chi connectivity index (χ1) is 5.33. The molecule has 11 heavy (non-hydrogen) atoms. The van der Waals surface area contributed by atoms with Crippen molar-refractivity contribution in [2.75, 3.05) is 6.61 Å². The summed E-state index contributed by atoms with van der Waals surface area (Å²) in [4.78, 5) is 0. The van der Waals surface area contributed by atoms with Crippen LogP contribution < -0.4 is 5.73 Å². The van der Waals surface area contributed by atoms with Gasteiger partial charge in [0.15, 0.2) is 0 Å². The molecule has 0 aliphatic carbocycles. The highest BCUT2D eigenvalue weighted by Gasteiger charge is 2.17. The van der Waals surface area contributed by atoms with E-state index in [-0.39, 0.29) is 0 Å². The van der Waals surface area contributed by atoms with Crippen molar-refractivity contribution in [1.82, 2.24) is 0 Å². The van der Waals surface area contributed by atoms with E-state index in [1.54, 1.807) is 0 Å². The summed E-state index contributed by atoms with van der Waals surface area (Å²) in [6.45, 7) is 3.12. The second-order valence-electron chi connectivity index (χ2n) is 3.42. The molecule has 0 aromatic heterocycles. The Hall–Kier alpha value is -0.0800. The van der Waals surface area contributed by atoms with Crippen molar-refractivity contribution in [1.29, 1.82) is 0 Å². The summed E-state index contributed by atoms with van der Waals surface area (Å²) in [5, 5.41) is 0. The molecule has 1 aliphatic rings. The number of rotatable bonds is 4. The van der Waals surface area contributed by atoms with Crippen LogP contribution in [-0.2, 0) is 4.74 Å². The third-order valence-corrected chi connectivity index (χ3v) is 2.25. The summed E-state index contributed by atoms with van der Waals surface area (Å²) in [6.07, 6.45) is 6.30. The number of nitrogens with two attached hydrogens (primary N) is 1. The Bertz CT molecular complexity index is 99.7. The van der Waals surface area contributed by atoms with Crippen LogP contribution in [0.2, 0.25) is 0 Å². The molecular weight excluding hydrogens is 138 g/mol. The van der Waals surface area contributed by atoms with Gasteiger partial charge in [-0.15, -0.1) is 0 Å². The van der Waals surface area contributed by atoms with E-state index in [0.29, 0.717) is 12.1 Å². The van der Waals surface area contributed by atoms with E-state index in [1.807, 2.05) is 0 Å². The topological polar surface area (TPSA) is 35.2 Å². The van der Waals surface area contributed by atoms with Crippen molar-refractivity contribution in [2.45, 2.75) is 51.2 Å². The first-order valence-corrected chi connectivity index (χ1v) is 4.70. The summed E-state index contributed by atoms with van der Waals surface area (Å²) in [6, 6.07) is 0.364. The van der Waals surface area contributed by atoms with Gasteiger partial charge in [0.25, 0.3) is 0 Å². The van der Waals surface area contributed by atoms with Gasteiger partial charge in [0.1, 0.15) is 0 Å². The molecule has 1 rings (SSSR count). The Morgan fingerprint density at radius 3 is 3.00 bits per heavy atom. The Kier molecular flexibility index (Phi) is 3.87. The van der Waals surface area contributed by atoms with Gasteiger partial charge in [0.05, 0.1) is 6.10 Å². The van der Waals surface area contributed by atoms with Gasteiger partial charge in [-0.3, -0.25) is 0 Å². The van der Waals surface area contributed by atoms with Crippen molar-refractivity contribution in [3.8, 4) is 0 Å². The van der Waals surface area contributed by atoms with Crippen LogP contribution in [0.1, 0.15) is 39.0 Å². The maximum Gasteiger partial charge on any atom is 0.0590 e. The van der Waals surface area contributed by atoms with E-state index in [0.717, 1.165) is 19.4 Å². The van der Waals surface area contributed by atoms with Crippen molar-refractivity contribution in [2.24, 2.45) is 5.73 Å². The highest BCUT2D eigenvalue weighted by Crippen LogP contribution is 2.17. The lowest BCUT2D eigenvalue weighted by Crippen LogP contribution is -2.25. The van der Waals surface area contributed by atoms with Crippen LogP contribution >= 0.6 is 0 Å². The zero-order valence-corrected chi connectivity index (χ0v) is 7.38. The predicted octanol–water partition coefficient (Wildman–Crippen LogP) is 1.68.